The summed E-state index contributed by atoms with van der Waals surface area (Å²) in [6.45, 7) is 0. The van der Waals surface area contributed by atoms with Gasteiger partial charge in [-0.05, 0) is 17.7 Å². The zero-order valence-corrected chi connectivity index (χ0v) is 8.67. The monoisotopic (exact) mass is 244 g/mol. The van der Waals surface area contributed by atoms with E-state index in [-0.39, 0.29) is 18.1 Å². The van der Waals surface area contributed by atoms with E-state index in [9.17, 15) is 4.79 Å². The van der Waals surface area contributed by atoms with Gasteiger partial charge in [0.05, 0.1) is 13.5 Å². The minimum Gasteiger partial charge on any atom is -0.508 e. The van der Waals surface area contributed by atoms with Gasteiger partial charge in [0.2, 0.25) is 0 Å². The molecule has 3 nitrogen and oxygen atoms in total. The van der Waals surface area contributed by atoms with Gasteiger partial charge in [0.25, 0.3) is 0 Å². The van der Waals surface area contributed by atoms with Crippen LogP contribution in [0, 0.1) is 0 Å². The fourth-order valence-corrected chi connectivity index (χ4v) is 1.41. The Morgan fingerprint density at radius 3 is 2.85 bits per heavy atom. The molecule has 0 aliphatic rings. The van der Waals surface area contributed by atoms with Crippen LogP contribution >= 0.6 is 15.9 Å². The maximum atomic E-state index is 10.9. The Morgan fingerprint density at radius 1 is 1.62 bits per heavy atom. The standard InChI is InChI=1S/C9H9BrO3/c1-13-9(12)4-6-2-3-7(11)5-8(6)10/h2-3,5,11H,4H2,1H3. The van der Waals surface area contributed by atoms with Crippen LogP contribution in [0.2, 0.25) is 0 Å². The highest BCUT2D eigenvalue weighted by atomic mass is 79.9. The summed E-state index contributed by atoms with van der Waals surface area (Å²) in [6.07, 6.45) is 0.206. The summed E-state index contributed by atoms with van der Waals surface area (Å²) in [6, 6.07) is 4.75. The summed E-state index contributed by atoms with van der Waals surface area (Å²) in [5.41, 5.74) is 0.796. The smallest absolute Gasteiger partial charge is 0.310 e. The summed E-state index contributed by atoms with van der Waals surface area (Å²) in [5.74, 6) is -0.133. The molecule has 0 spiro atoms. The van der Waals surface area contributed by atoms with Gasteiger partial charge >= 0.3 is 5.97 Å². The van der Waals surface area contributed by atoms with Crippen LogP contribution in [0.4, 0.5) is 0 Å². The molecule has 0 unspecified atom stereocenters. The normalized spacial score (nSPS) is 9.69. The van der Waals surface area contributed by atoms with Gasteiger partial charge < -0.3 is 9.84 Å². The van der Waals surface area contributed by atoms with Crippen molar-refractivity contribution in [3.05, 3.63) is 28.2 Å². The van der Waals surface area contributed by atoms with Crippen LogP contribution in [-0.4, -0.2) is 18.2 Å². The van der Waals surface area contributed by atoms with E-state index in [2.05, 4.69) is 20.7 Å². The number of benzene rings is 1. The van der Waals surface area contributed by atoms with Gasteiger partial charge in [-0.1, -0.05) is 22.0 Å². The van der Waals surface area contributed by atoms with Crippen molar-refractivity contribution >= 4 is 21.9 Å². The third-order valence-electron chi connectivity index (χ3n) is 1.60. The number of carbonyl (C=O) groups is 1. The SMILES string of the molecule is COC(=O)Cc1ccc(O)cc1Br. The number of ether oxygens (including phenoxy) is 1. The van der Waals surface area contributed by atoms with Gasteiger partial charge in [0.1, 0.15) is 5.75 Å². The van der Waals surface area contributed by atoms with Crippen molar-refractivity contribution in [2.75, 3.05) is 7.11 Å². The number of aromatic hydroxyl groups is 1. The average Bonchev–Trinajstić information content (AvgIpc) is 2.09. The Balaban J connectivity index is 2.83. The quantitative estimate of drug-likeness (QED) is 0.809. The summed E-state index contributed by atoms with van der Waals surface area (Å²) in [5, 5.41) is 9.08. The summed E-state index contributed by atoms with van der Waals surface area (Å²) in [4.78, 5) is 10.9. The molecule has 1 rings (SSSR count). The molecule has 0 aliphatic carbocycles. The lowest BCUT2D eigenvalue weighted by Crippen LogP contribution is -2.04. The predicted molar refractivity (Wildman–Crippen MR) is 51.5 cm³/mol. The summed E-state index contributed by atoms with van der Waals surface area (Å²) >= 11 is 3.24. The molecule has 0 amide bonds. The van der Waals surface area contributed by atoms with Gasteiger partial charge in [-0.15, -0.1) is 0 Å². The van der Waals surface area contributed by atoms with Crippen LogP contribution in [0.5, 0.6) is 5.75 Å². The lowest BCUT2D eigenvalue weighted by Gasteiger charge is -2.03. The molecule has 0 radical (unpaired) electrons. The second kappa shape index (κ2) is 4.28. The second-order valence-corrected chi connectivity index (χ2v) is 3.38. The third kappa shape index (κ3) is 2.73. The Hall–Kier alpha value is -1.03. The highest BCUT2D eigenvalue weighted by Gasteiger charge is 2.06. The van der Waals surface area contributed by atoms with E-state index >= 15 is 0 Å². The van der Waals surface area contributed by atoms with Gasteiger partial charge in [0, 0.05) is 4.47 Å². The second-order valence-electron chi connectivity index (χ2n) is 2.53. The molecule has 1 aromatic rings. The van der Waals surface area contributed by atoms with Crippen LogP contribution in [-0.2, 0) is 16.0 Å². The Morgan fingerprint density at radius 2 is 2.31 bits per heavy atom. The average molecular weight is 245 g/mol. The summed E-state index contributed by atoms with van der Waals surface area (Å²) in [7, 11) is 1.34. The van der Waals surface area contributed by atoms with Gasteiger partial charge in [-0.3, -0.25) is 4.79 Å². The molecule has 4 heteroatoms. The molecule has 0 saturated heterocycles. The minimum atomic E-state index is -0.300. The number of phenolic OH excluding ortho intramolecular Hbond substituents is 1. The molecule has 70 valence electrons. The van der Waals surface area contributed by atoms with E-state index in [1.54, 1.807) is 6.07 Å². The molecule has 0 aliphatic heterocycles. The van der Waals surface area contributed by atoms with E-state index < -0.39 is 0 Å². The van der Waals surface area contributed by atoms with Gasteiger partial charge in [-0.25, -0.2) is 0 Å². The van der Waals surface area contributed by atoms with E-state index in [0.717, 1.165) is 5.56 Å². The van der Waals surface area contributed by atoms with Crippen molar-refractivity contribution in [1.29, 1.82) is 0 Å². The van der Waals surface area contributed by atoms with E-state index in [1.807, 2.05) is 0 Å². The van der Waals surface area contributed by atoms with Crippen LogP contribution in [0.25, 0.3) is 0 Å². The first-order chi connectivity index (χ1) is 6.13. The van der Waals surface area contributed by atoms with Crippen LogP contribution in [0.1, 0.15) is 5.56 Å². The third-order valence-corrected chi connectivity index (χ3v) is 2.34. The maximum Gasteiger partial charge on any atom is 0.310 e. The molecule has 0 atom stereocenters. The fraction of sp³-hybridized carbons (Fsp3) is 0.222. The van der Waals surface area contributed by atoms with Crippen LogP contribution < -0.4 is 0 Å². The van der Waals surface area contributed by atoms with E-state index in [1.165, 1.54) is 19.2 Å². The number of rotatable bonds is 2. The number of halogens is 1. The van der Waals surface area contributed by atoms with Crippen molar-refractivity contribution in [2.45, 2.75) is 6.42 Å². The Kier molecular flexibility index (Phi) is 3.31. The molecule has 1 aromatic carbocycles. The molecular formula is C9H9BrO3. The van der Waals surface area contributed by atoms with Crippen LogP contribution in [0.15, 0.2) is 22.7 Å². The van der Waals surface area contributed by atoms with Crippen LogP contribution in [0.3, 0.4) is 0 Å². The van der Waals surface area contributed by atoms with Gasteiger partial charge in [0.15, 0.2) is 0 Å². The molecular weight excluding hydrogens is 236 g/mol. The van der Waals surface area contributed by atoms with Crippen molar-refractivity contribution in [3.8, 4) is 5.75 Å². The molecule has 0 heterocycles. The number of carbonyl (C=O) groups excluding carboxylic acids is 1. The number of hydrogen-bond acceptors (Lipinski definition) is 3. The zero-order chi connectivity index (χ0) is 9.84. The first-order valence-electron chi connectivity index (χ1n) is 3.67. The number of phenols is 1. The fourth-order valence-electron chi connectivity index (χ4n) is 0.907. The maximum absolute atomic E-state index is 10.9. The Bertz CT molecular complexity index is 323. The minimum absolute atomic E-state index is 0.167. The predicted octanol–water partition coefficient (Wildman–Crippen LogP) is 1.87. The molecule has 13 heavy (non-hydrogen) atoms. The highest BCUT2D eigenvalue weighted by Crippen LogP contribution is 2.22. The molecule has 0 saturated carbocycles. The van der Waals surface area contributed by atoms with E-state index in [4.69, 9.17) is 5.11 Å². The molecule has 0 aromatic heterocycles. The first kappa shape index (κ1) is 10.1. The van der Waals surface area contributed by atoms with Crippen molar-refractivity contribution in [2.24, 2.45) is 0 Å². The number of hydrogen-bond donors (Lipinski definition) is 1. The lowest BCUT2D eigenvalue weighted by molar-refractivity contribution is -0.139. The molecule has 0 fully saturated rings. The summed E-state index contributed by atoms with van der Waals surface area (Å²) < 4.78 is 5.22. The van der Waals surface area contributed by atoms with Crippen molar-refractivity contribution in [1.82, 2.24) is 0 Å². The topological polar surface area (TPSA) is 46.5 Å². The highest BCUT2D eigenvalue weighted by molar-refractivity contribution is 9.10. The first-order valence-corrected chi connectivity index (χ1v) is 4.47. The Labute approximate surface area is 84.5 Å². The van der Waals surface area contributed by atoms with E-state index in [0.29, 0.717) is 4.47 Å². The molecule has 1 N–H and O–H groups in total. The van der Waals surface area contributed by atoms with Crippen molar-refractivity contribution in [3.63, 3.8) is 0 Å². The largest absolute Gasteiger partial charge is 0.508 e. The molecule has 0 bridgehead atoms. The number of esters is 1. The lowest BCUT2D eigenvalue weighted by atomic mass is 10.1. The zero-order valence-electron chi connectivity index (χ0n) is 7.08. The number of methoxy groups -OCH3 is 1. The van der Waals surface area contributed by atoms with Crippen molar-refractivity contribution < 1.29 is 14.6 Å². The van der Waals surface area contributed by atoms with Gasteiger partial charge in [-0.2, -0.15) is 0 Å².